The lowest BCUT2D eigenvalue weighted by molar-refractivity contribution is -0.116. The summed E-state index contributed by atoms with van der Waals surface area (Å²) >= 11 is 0.991. The van der Waals surface area contributed by atoms with Crippen molar-refractivity contribution >= 4 is 28.4 Å². The molecular weight excluding hydrogens is 242 g/mol. The highest BCUT2D eigenvalue weighted by Crippen LogP contribution is 2.24. The van der Waals surface area contributed by atoms with Crippen molar-refractivity contribution in [3.63, 3.8) is 0 Å². The first kappa shape index (κ1) is 13.6. The maximum Gasteiger partial charge on any atom is 0.340 e. The molecule has 0 fully saturated rings. The van der Waals surface area contributed by atoms with Gasteiger partial charge in [0.2, 0.25) is 5.91 Å². The molecule has 0 aliphatic carbocycles. The van der Waals surface area contributed by atoms with E-state index in [1.807, 2.05) is 19.0 Å². The van der Waals surface area contributed by atoms with Crippen LogP contribution < -0.4 is 5.32 Å². The zero-order chi connectivity index (χ0) is 13.0. The fourth-order valence-electron chi connectivity index (χ4n) is 1.22. The predicted molar refractivity (Wildman–Crippen MR) is 65.6 cm³/mol. The topological polar surface area (TPSA) is 82.5 Å². The summed E-state index contributed by atoms with van der Waals surface area (Å²) in [5.41, 5.74) is 0.499. The van der Waals surface area contributed by atoms with Crippen LogP contribution in [0.3, 0.4) is 0 Å². The highest BCUT2D eigenvalue weighted by atomic mass is 32.1. The third-order valence-corrected chi connectivity index (χ3v) is 2.97. The van der Waals surface area contributed by atoms with E-state index in [4.69, 9.17) is 5.11 Å². The number of carbonyl (C=O) groups is 2. The molecule has 6 nitrogen and oxygen atoms in total. The van der Waals surface area contributed by atoms with Crippen LogP contribution in [0.5, 0.6) is 0 Å². The molecule has 0 aliphatic heterocycles. The Bertz CT molecular complexity index is 428. The monoisotopic (exact) mass is 257 g/mol. The number of aromatic nitrogens is 1. The minimum atomic E-state index is -1.07. The molecule has 1 rings (SSSR count). The van der Waals surface area contributed by atoms with Gasteiger partial charge in [-0.3, -0.25) is 4.79 Å². The average molecular weight is 257 g/mol. The Balaban J connectivity index is 2.69. The molecule has 1 aromatic heterocycles. The fraction of sp³-hybridized carbons (Fsp3) is 0.500. The highest BCUT2D eigenvalue weighted by molar-refractivity contribution is 7.11. The van der Waals surface area contributed by atoms with Crippen molar-refractivity contribution in [3.05, 3.63) is 11.3 Å². The second kappa shape index (κ2) is 5.74. The zero-order valence-corrected chi connectivity index (χ0v) is 10.8. The molecular formula is C10H15N3O3S. The summed E-state index contributed by atoms with van der Waals surface area (Å²) in [6.45, 7) is 2.22. The number of rotatable bonds is 5. The Labute approximate surface area is 103 Å². The highest BCUT2D eigenvalue weighted by Gasteiger charge is 2.18. The summed E-state index contributed by atoms with van der Waals surface area (Å²) < 4.78 is 3.92. The summed E-state index contributed by atoms with van der Waals surface area (Å²) in [5.74, 6) is -1.27. The van der Waals surface area contributed by atoms with Crippen molar-refractivity contribution in [3.8, 4) is 0 Å². The van der Waals surface area contributed by atoms with Crippen LogP contribution in [0, 0.1) is 6.92 Å². The number of hydrogen-bond acceptors (Lipinski definition) is 5. The van der Waals surface area contributed by atoms with Gasteiger partial charge in [0.15, 0.2) is 0 Å². The molecule has 17 heavy (non-hydrogen) atoms. The minimum Gasteiger partial charge on any atom is -0.478 e. The van der Waals surface area contributed by atoms with E-state index >= 15 is 0 Å². The van der Waals surface area contributed by atoms with Crippen LogP contribution in [-0.2, 0) is 4.79 Å². The third kappa shape index (κ3) is 3.79. The quantitative estimate of drug-likeness (QED) is 0.823. The van der Waals surface area contributed by atoms with Crippen molar-refractivity contribution < 1.29 is 14.7 Å². The van der Waals surface area contributed by atoms with Crippen LogP contribution in [0.25, 0.3) is 0 Å². The molecule has 0 unspecified atom stereocenters. The summed E-state index contributed by atoms with van der Waals surface area (Å²) in [4.78, 5) is 24.4. The molecule has 0 saturated carbocycles. The zero-order valence-electron chi connectivity index (χ0n) is 9.98. The Hall–Kier alpha value is -1.47. The maximum absolute atomic E-state index is 11.5. The molecule has 7 heteroatoms. The van der Waals surface area contributed by atoms with E-state index in [2.05, 4.69) is 9.69 Å². The molecule has 0 aliphatic rings. The molecule has 94 valence electrons. The van der Waals surface area contributed by atoms with E-state index < -0.39 is 5.97 Å². The van der Waals surface area contributed by atoms with Gasteiger partial charge in [0.05, 0.1) is 5.69 Å². The number of nitrogens with one attached hydrogen (secondary N) is 1. The Morgan fingerprint density at radius 1 is 1.47 bits per heavy atom. The van der Waals surface area contributed by atoms with Gasteiger partial charge in [-0.15, -0.1) is 0 Å². The van der Waals surface area contributed by atoms with Crippen molar-refractivity contribution in [2.45, 2.75) is 13.3 Å². The van der Waals surface area contributed by atoms with Crippen LogP contribution in [0.2, 0.25) is 0 Å². The SMILES string of the molecule is Cc1nsc(NC(=O)CCN(C)C)c1C(=O)O. The van der Waals surface area contributed by atoms with Crippen molar-refractivity contribution in [2.75, 3.05) is 26.0 Å². The van der Waals surface area contributed by atoms with Gasteiger partial charge in [-0.1, -0.05) is 0 Å². The van der Waals surface area contributed by atoms with Gasteiger partial charge in [-0.05, 0) is 32.6 Å². The van der Waals surface area contributed by atoms with Gasteiger partial charge in [-0.25, -0.2) is 4.79 Å². The number of aryl methyl sites for hydroxylation is 1. The van der Waals surface area contributed by atoms with Crippen LogP contribution in [0.1, 0.15) is 22.5 Å². The fourth-order valence-corrected chi connectivity index (χ4v) is 2.03. The lowest BCUT2D eigenvalue weighted by Crippen LogP contribution is -2.21. The standard InChI is InChI=1S/C10H15N3O3S/c1-6-8(10(15)16)9(17-12-6)11-7(14)4-5-13(2)3/h4-5H2,1-3H3,(H,11,14)(H,15,16). The largest absolute Gasteiger partial charge is 0.478 e. The van der Waals surface area contributed by atoms with Gasteiger partial charge in [0, 0.05) is 13.0 Å². The summed E-state index contributed by atoms with van der Waals surface area (Å²) in [6, 6.07) is 0. The minimum absolute atomic E-state index is 0.0770. The Kier molecular flexibility index (Phi) is 4.59. The van der Waals surface area contributed by atoms with E-state index in [0.29, 0.717) is 23.7 Å². The second-order valence-electron chi connectivity index (χ2n) is 3.88. The molecule has 2 N–H and O–H groups in total. The molecule has 1 aromatic rings. The molecule has 0 atom stereocenters. The Morgan fingerprint density at radius 3 is 2.65 bits per heavy atom. The molecule has 0 radical (unpaired) electrons. The van der Waals surface area contributed by atoms with Gasteiger partial charge < -0.3 is 15.3 Å². The van der Waals surface area contributed by atoms with Crippen LogP contribution >= 0.6 is 11.5 Å². The van der Waals surface area contributed by atoms with Crippen molar-refractivity contribution in [1.82, 2.24) is 9.27 Å². The predicted octanol–water partition coefficient (Wildman–Crippen LogP) is 1.04. The molecule has 0 spiro atoms. The molecule has 0 bridgehead atoms. The third-order valence-electron chi connectivity index (χ3n) is 2.12. The van der Waals surface area contributed by atoms with E-state index in [-0.39, 0.29) is 11.5 Å². The van der Waals surface area contributed by atoms with Crippen LogP contribution in [-0.4, -0.2) is 46.9 Å². The maximum atomic E-state index is 11.5. The normalized spacial score (nSPS) is 10.6. The molecule has 0 aromatic carbocycles. The summed E-state index contributed by atoms with van der Waals surface area (Å²) in [6.07, 6.45) is 0.322. The van der Waals surface area contributed by atoms with E-state index in [1.54, 1.807) is 6.92 Å². The second-order valence-corrected chi connectivity index (χ2v) is 4.65. The summed E-state index contributed by atoms with van der Waals surface area (Å²) in [5, 5.41) is 11.9. The van der Waals surface area contributed by atoms with E-state index in [1.165, 1.54) is 0 Å². The van der Waals surface area contributed by atoms with Crippen molar-refractivity contribution in [2.24, 2.45) is 0 Å². The van der Waals surface area contributed by atoms with Crippen LogP contribution in [0.4, 0.5) is 5.00 Å². The first-order valence-corrected chi connectivity index (χ1v) is 5.83. The first-order chi connectivity index (χ1) is 7.91. The smallest absolute Gasteiger partial charge is 0.340 e. The molecule has 1 amide bonds. The molecule has 1 heterocycles. The lowest BCUT2D eigenvalue weighted by Gasteiger charge is -2.08. The van der Waals surface area contributed by atoms with E-state index in [9.17, 15) is 9.59 Å². The number of amides is 1. The number of anilines is 1. The molecule has 0 saturated heterocycles. The van der Waals surface area contributed by atoms with Crippen molar-refractivity contribution in [1.29, 1.82) is 0 Å². The first-order valence-electron chi connectivity index (χ1n) is 5.06. The number of carboxylic acid groups (broad SMARTS) is 1. The lowest BCUT2D eigenvalue weighted by atomic mass is 10.2. The van der Waals surface area contributed by atoms with Gasteiger partial charge in [-0.2, -0.15) is 4.37 Å². The summed E-state index contributed by atoms with van der Waals surface area (Å²) in [7, 11) is 3.74. The number of carboxylic acids is 1. The van der Waals surface area contributed by atoms with E-state index in [0.717, 1.165) is 11.5 Å². The number of aromatic carboxylic acids is 1. The Morgan fingerprint density at radius 2 is 2.12 bits per heavy atom. The van der Waals surface area contributed by atoms with Gasteiger partial charge in [0.25, 0.3) is 0 Å². The number of nitrogens with zero attached hydrogens (tertiary/aromatic N) is 2. The number of hydrogen-bond donors (Lipinski definition) is 2. The average Bonchev–Trinajstić information content (AvgIpc) is 2.56. The number of carbonyl (C=O) groups excluding carboxylic acids is 1. The van der Waals surface area contributed by atoms with Gasteiger partial charge in [0.1, 0.15) is 10.6 Å². The van der Waals surface area contributed by atoms with Crippen LogP contribution in [0.15, 0.2) is 0 Å². The van der Waals surface area contributed by atoms with Gasteiger partial charge >= 0.3 is 5.97 Å².